The minimum atomic E-state index is -0.621. The number of amides is 2. The summed E-state index contributed by atoms with van der Waals surface area (Å²) in [6.45, 7) is 1.93. The van der Waals surface area contributed by atoms with Crippen LogP contribution in [0.4, 0.5) is 0 Å². The molecule has 0 heterocycles. The highest BCUT2D eigenvalue weighted by Gasteiger charge is 2.12. The summed E-state index contributed by atoms with van der Waals surface area (Å²) in [6, 6.07) is 11.5. The van der Waals surface area contributed by atoms with Crippen LogP contribution in [0.25, 0.3) is 0 Å². The van der Waals surface area contributed by atoms with Crippen LogP contribution in [0, 0.1) is 0 Å². The lowest BCUT2D eigenvalue weighted by molar-refractivity contribution is -0.120. The zero-order valence-corrected chi connectivity index (χ0v) is 15.7. The number of methoxy groups -OCH3 is 1. The van der Waals surface area contributed by atoms with E-state index in [0.29, 0.717) is 23.0 Å². The molecule has 0 unspecified atom stereocenters. The molecule has 7 nitrogen and oxygen atoms in total. The number of benzene rings is 2. The van der Waals surface area contributed by atoms with Crippen molar-refractivity contribution in [3.05, 3.63) is 58.6 Å². The van der Waals surface area contributed by atoms with E-state index in [4.69, 9.17) is 16.3 Å². The molecule has 0 aliphatic carbocycles. The fraction of sp³-hybridized carbons (Fsp3) is 0.211. The summed E-state index contributed by atoms with van der Waals surface area (Å²) in [7, 11) is 1.57. The van der Waals surface area contributed by atoms with Crippen LogP contribution < -0.4 is 15.5 Å². The predicted molar refractivity (Wildman–Crippen MR) is 103 cm³/mol. The van der Waals surface area contributed by atoms with Crippen molar-refractivity contribution in [1.82, 2.24) is 10.7 Å². The fourth-order valence-electron chi connectivity index (χ4n) is 2.27. The van der Waals surface area contributed by atoms with Gasteiger partial charge >= 0.3 is 0 Å². The van der Waals surface area contributed by atoms with Gasteiger partial charge in [0.1, 0.15) is 11.5 Å². The quantitative estimate of drug-likeness (QED) is 0.500. The Morgan fingerprint density at radius 1 is 1.22 bits per heavy atom. The summed E-state index contributed by atoms with van der Waals surface area (Å²) in [5.74, 6) is -0.387. The molecule has 0 bridgehead atoms. The van der Waals surface area contributed by atoms with Gasteiger partial charge in [0.05, 0.1) is 19.1 Å². The van der Waals surface area contributed by atoms with Crippen molar-refractivity contribution in [2.24, 2.45) is 5.10 Å². The number of para-hydroxylation sites is 1. The number of ether oxygens (including phenoxy) is 1. The van der Waals surface area contributed by atoms with E-state index in [-0.39, 0.29) is 23.6 Å². The maximum Gasteiger partial charge on any atom is 0.275 e. The molecule has 3 N–H and O–H groups in total. The molecular formula is C19H20ClN3O4. The number of hydrogen-bond acceptors (Lipinski definition) is 5. The number of carbonyl (C=O) groups is 2. The molecule has 0 saturated carbocycles. The lowest BCUT2D eigenvalue weighted by atomic mass is 10.2. The fourth-order valence-corrected chi connectivity index (χ4v) is 2.45. The second kappa shape index (κ2) is 9.59. The molecule has 2 rings (SSSR count). The number of hydrogen-bond donors (Lipinski definition) is 3. The summed E-state index contributed by atoms with van der Waals surface area (Å²) >= 11 is 5.81. The van der Waals surface area contributed by atoms with Gasteiger partial charge in [-0.25, -0.2) is 5.43 Å². The summed E-state index contributed by atoms with van der Waals surface area (Å²) in [4.78, 5) is 24.1. The van der Waals surface area contributed by atoms with Crippen LogP contribution in [0.1, 0.15) is 29.3 Å². The third-order valence-electron chi connectivity index (χ3n) is 3.64. The normalized spacial score (nSPS) is 11.0. The van der Waals surface area contributed by atoms with Crippen LogP contribution in [-0.4, -0.2) is 29.7 Å². The number of hydrazone groups is 1. The first kappa shape index (κ1) is 20.3. The molecule has 8 heteroatoms. The number of phenols is 1. The van der Waals surface area contributed by atoms with E-state index in [9.17, 15) is 14.7 Å². The molecular weight excluding hydrogens is 370 g/mol. The van der Waals surface area contributed by atoms with E-state index in [2.05, 4.69) is 15.8 Å². The molecule has 0 radical (unpaired) electrons. The van der Waals surface area contributed by atoms with E-state index in [1.807, 2.05) is 24.3 Å². The molecule has 0 aromatic heterocycles. The molecule has 0 aliphatic rings. The standard InChI is InChI=1S/C19H20ClN3O4/c1-12(22-23-19(26)15-10-14(20)7-8-16(15)24)9-18(25)21-11-13-5-3-4-6-17(13)27-2/h3-8,10,24H,9,11H2,1-2H3,(H,21,25)(H,23,26). The zero-order valence-electron chi connectivity index (χ0n) is 15.0. The number of nitrogens with one attached hydrogen (secondary N) is 2. The van der Waals surface area contributed by atoms with Crippen molar-refractivity contribution >= 4 is 29.1 Å². The Morgan fingerprint density at radius 3 is 2.70 bits per heavy atom. The van der Waals surface area contributed by atoms with Crippen molar-refractivity contribution in [2.45, 2.75) is 19.9 Å². The monoisotopic (exact) mass is 389 g/mol. The lowest BCUT2D eigenvalue weighted by Crippen LogP contribution is -2.26. The Labute approximate surface area is 162 Å². The average Bonchev–Trinajstić information content (AvgIpc) is 2.66. The van der Waals surface area contributed by atoms with Gasteiger partial charge in [0.15, 0.2) is 0 Å². The number of aromatic hydroxyl groups is 1. The number of rotatable bonds is 7. The number of halogens is 1. The molecule has 2 aromatic carbocycles. The Hall–Kier alpha value is -3.06. The van der Waals surface area contributed by atoms with Gasteiger partial charge in [0.25, 0.3) is 5.91 Å². The van der Waals surface area contributed by atoms with Gasteiger partial charge in [0, 0.05) is 22.8 Å². The molecule has 0 spiro atoms. The van der Waals surface area contributed by atoms with E-state index in [0.717, 1.165) is 5.56 Å². The highest BCUT2D eigenvalue weighted by atomic mass is 35.5. The van der Waals surface area contributed by atoms with Gasteiger partial charge in [0.2, 0.25) is 5.91 Å². The molecule has 142 valence electrons. The maximum absolute atomic E-state index is 12.0. The van der Waals surface area contributed by atoms with Crippen molar-refractivity contribution in [1.29, 1.82) is 0 Å². The summed E-state index contributed by atoms with van der Waals surface area (Å²) < 4.78 is 5.23. The Kier molecular flexibility index (Phi) is 7.19. The second-order valence-electron chi connectivity index (χ2n) is 5.71. The lowest BCUT2D eigenvalue weighted by Gasteiger charge is -2.09. The van der Waals surface area contributed by atoms with E-state index < -0.39 is 5.91 Å². The van der Waals surface area contributed by atoms with Gasteiger partial charge in [-0.2, -0.15) is 5.10 Å². The van der Waals surface area contributed by atoms with Crippen molar-refractivity contribution in [3.63, 3.8) is 0 Å². The highest BCUT2D eigenvalue weighted by Crippen LogP contribution is 2.21. The SMILES string of the molecule is COc1ccccc1CNC(=O)CC(C)=NNC(=O)c1cc(Cl)ccc1O. The molecule has 27 heavy (non-hydrogen) atoms. The smallest absolute Gasteiger partial charge is 0.275 e. The molecule has 2 amide bonds. The molecule has 0 aliphatic heterocycles. The number of carbonyl (C=O) groups excluding carboxylic acids is 2. The predicted octanol–water partition coefficient (Wildman–Crippen LogP) is 2.87. The van der Waals surface area contributed by atoms with Crippen LogP contribution in [0.2, 0.25) is 5.02 Å². The highest BCUT2D eigenvalue weighted by molar-refractivity contribution is 6.31. The van der Waals surface area contributed by atoms with Gasteiger partial charge in [-0.3, -0.25) is 9.59 Å². The molecule has 2 aromatic rings. The first-order chi connectivity index (χ1) is 12.9. The van der Waals surface area contributed by atoms with Crippen molar-refractivity contribution in [2.75, 3.05) is 7.11 Å². The van der Waals surface area contributed by atoms with Crippen molar-refractivity contribution in [3.8, 4) is 11.5 Å². The minimum absolute atomic E-state index is 0.000302. The first-order valence-corrected chi connectivity index (χ1v) is 8.49. The summed E-state index contributed by atoms with van der Waals surface area (Å²) in [5.41, 5.74) is 3.55. The van der Waals surface area contributed by atoms with Gasteiger partial charge in [-0.15, -0.1) is 0 Å². The number of nitrogens with zero attached hydrogens (tertiary/aromatic N) is 1. The minimum Gasteiger partial charge on any atom is -0.507 e. The van der Waals surface area contributed by atoms with E-state index in [1.54, 1.807) is 14.0 Å². The van der Waals surface area contributed by atoms with Crippen LogP contribution in [0.15, 0.2) is 47.6 Å². The van der Waals surface area contributed by atoms with Gasteiger partial charge in [-0.1, -0.05) is 29.8 Å². The second-order valence-corrected chi connectivity index (χ2v) is 6.15. The van der Waals surface area contributed by atoms with Gasteiger partial charge in [-0.05, 0) is 31.2 Å². The summed E-state index contributed by atoms with van der Waals surface area (Å²) in [5, 5.41) is 16.7. The Morgan fingerprint density at radius 2 is 1.96 bits per heavy atom. The topological polar surface area (TPSA) is 100 Å². The third kappa shape index (κ3) is 6.00. The largest absolute Gasteiger partial charge is 0.507 e. The van der Waals surface area contributed by atoms with Crippen molar-refractivity contribution < 1.29 is 19.4 Å². The molecule has 0 fully saturated rings. The first-order valence-electron chi connectivity index (χ1n) is 8.11. The Balaban J connectivity index is 1.88. The average molecular weight is 390 g/mol. The van der Waals surface area contributed by atoms with Crippen LogP contribution in [-0.2, 0) is 11.3 Å². The van der Waals surface area contributed by atoms with Gasteiger partial charge < -0.3 is 15.2 Å². The maximum atomic E-state index is 12.0. The van der Waals surface area contributed by atoms with E-state index in [1.165, 1.54) is 18.2 Å². The number of phenolic OH excluding ortho intramolecular Hbond substituents is 1. The molecule has 0 saturated heterocycles. The van der Waals surface area contributed by atoms with E-state index >= 15 is 0 Å². The Bertz CT molecular complexity index is 868. The van der Waals surface area contributed by atoms with Crippen LogP contribution >= 0.6 is 11.6 Å². The summed E-state index contributed by atoms with van der Waals surface area (Å²) in [6.07, 6.45) is 0.0109. The zero-order chi connectivity index (χ0) is 19.8. The molecule has 0 atom stereocenters. The third-order valence-corrected chi connectivity index (χ3v) is 3.87. The van der Waals surface area contributed by atoms with Crippen LogP contribution in [0.3, 0.4) is 0 Å². The van der Waals surface area contributed by atoms with Crippen LogP contribution in [0.5, 0.6) is 11.5 Å².